The van der Waals surface area contributed by atoms with Gasteiger partial charge in [0.25, 0.3) is 11.8 Å². The molecule has 0 spiro atoms. The van der Waals surface area contributed by atoms with Crippen molar-refractivity contribution in [1.29, 1.82) is 0 Å². The summed E-state index contributed by atoms with van der Waals surface area (Å²) >= 11 is 0. The van der Waals surface area contributed by atoms with Crippen LogP contribution in [0.4, 0.5) is 0 Å². The van der Waals surface area contributed by atoms with E-state index in [1.54, 1.807) is 41.3 Å². The van der Waals surface area contributed by atoms with E-state index in [9.17, 15) is 18.0 Å². The highest BCUT2D eigenvalue weighted by atomic mass is 32.2. The van der Waals surface area contributed by atoms with Crippen LogP contribution in [0.3, 0.4) is 0 Å². The molecule has 1 aliphatic heterocycles. The van der Waals surface area contributed by atoms with Crippen LogP contribution in [0.25, 0.3) is 0 Å². The standard InChI is InChI=1S/C23H28N2O5S/c1-16-13-25(14-17(2)30-16)23(27)20-9-7-18(8-10-20)12-24-22(26)21-6-4-5-19(11-21)15-31(3,28)29/h4-11,16-17H,12-15H2,1-3H3,(H,24,26). The number of hydrogen-bond donors (Lipinski definition) is 1. The van der Waals surface area contributed by atoms with Crippen molar-refractivity contribution in [3.8, 4) is 0 Å². The zero-order valence-corrected chi connectivity index (χ0v) is 18.8. The Balaban J connectivity index is 1.58. The van der Waals surface area contributed by atoms with Gasteiger partial charge in [0.2, 0.25) is 0 Å². The summed E-state index contributed by atoms with van der Waals surface area (Å²) in [6.07, 6.45) is 1.19. The molecule has 2 atom stereocenters. The maximum absolute atomic E-state index is 12.7. The Hall–Kier alpha value is -2.71. The first kappa shape index (κ1) is 23.0. The van der Waals surface area contributed by atoms with Gasteiger partial charge in [0, 0.05) is 37.0 Å². The van der Waals surface area contributed by atoms with Gasteiger partial charge in [-0.1, -0.05) is 24.3 Å². The molecule has 0 bridgehead atoms. The first-order valence-corrected chi connectivity index (χ1v) is 12.3. The minimum atomic E-state index is -3.17. The lowest BCUT2D eigenvalue weighted by Crippen LogP contribution is -2.48. The van der Waals surface area contributed by atoms with Crippen molar-refractivity contribution in [2.24, 2.45) is 0 Å². The van der Waals surface area contributed by atoms with Crippen molar-refractivity contribution in [2.75, 3.05) is 19.3 Å². The zero-order valence-electron chi connectivity index (χ0n) is 18.0. The topological polar surface area (TPSA) is 92.8 Å². The predicted octanol–water partition coefficient (Wildman–Crippen LogP) is 2.41. The average molecular weight is 445 g/mol. The van der Waals surface area contributed by atoms with E-state index in [0.29, 0.717) is 36.3 Å². The van der Waals surface area contributed by atoms with Gasteiger partial charge in [-0.2, -0.15) is 0 Å². The highest BCUT2D eigenvalue weighted by Gasteiger charge is 2.26. The van der Waals surface area contributed by atoms with E-state index in [0.717, 1.165) is 11.8 Å². The van der Waals surface area contributed by atoms with E-state index in [2.05, 4.69) is 5.32 Å². The van der Waals surface area contributed by atoms with Gasteiger partial charge in [-0.25, -0.2) is 8.42 Å². The molecule has 2 unspecified atom stereocenters. The lowest BCUT2D eigenvalue weighted by molar-refractivity contribution is -0.0586. The third-order valence-electron chi connectivity index (χ3n) is 4.98. The molecule has 2 amide bonds. The van der Waals surface area contributed by atoms with E-state index < -0.39 is 9.84 Å². The Bertz CT molecular complexity index is 1040. The summed E-state index contributed by atoms with van der Waals surface area (Å²) < 4.78 is 28.6. The first-order chi connectivity index (χ1) is 14.6. The van der Waals surface area contributed by atoms with E-state index in [1.807, 2.05) is 26.0 Å². The minimum absolute atomic E-state index is 0.0122. The lowest BCUT2D eigenvalue weighted by atomic mass is 10.1. The van der Waals surface area contributed by atoms with Crippen molar-refractivity contribution in [1.82, 2.24) is 10.2 Å². The molecule has 31 heavy (non-hydrogen) atoms. The van der Waals surface area contributed by atoms with Crippen molar-refractivity contribution in [3.63, 3.8) is 0 Å². The molecule has 2 aromatic carbocycles. The Kier molecular flexibility index (Phi) is 7.12. The number of sulfone groups is 1. The molecule has 166 valence electrons. The molecule has 1 heterocycles. The number of ether oxygens (including phenoxy) is 1. The highest BCUT2D eigenvalue weighted by Crippen LogP contribution is 2.15. The molecule has 8 heteroatoms. The quantitative estimate of drug-likeness (QED) is 0.739. The lowest BCUT2D eigenvalue weighted by Gasteiger charge is -2.35. The predicted molar refractivity (Wildman–Crippen MR) is 119 cm³/mol. The Labute approximate surface area is 183 Å². The first-order valence-electron chi connectivity index (χ1n) is 10.2. The maximum Gasteiger partial charge on any atom is 0.254 e. The summed E-state index contributed by atoms with van der Waals surface area (Å²) in [5, 5.41) is 2.83. The molecule has 1 aliphatic rings. The van der Waals surface area contributed by atoms with Gasteiger partial charge in [-0.3, -0.25) is 9.59 Å². The van der Waals surface area contributed by atoms with Crippen LogP contribution in [0.5, 0.6) is 0 Å². The van der Waals surface area contributed by atoms with Crippen LogP contribution in [0.1, 0.15) is 45.7 Å². The third kappa shape index (κ3) is 6.63. The van der Waals surface area contributed by atoms with E-state index >= 15 is 0 Å². The number of amides is 2. The second kappa shape index (κ2) is 9.62. The highest BCUT2D eigenvalue weighted by molar-refractivity contribution is 7.89. The maximum atomic E-state index is 12.7. The molecular weight excluding hydrogens is 416 g/mol. The van der Waals surface area contributed by atoms with Crippen molar-refractivity contribution >= 4 is 21.7 Å². The minimum Gasteiger partial charge on any atom is -0.372 e. The summed E-state index contributed by atoms with van der Waals surface area (Å²) in [5.41, 5.74) is 2.44. The van der Waals surface area contributed by atoms with Gasteiger partial charge in [-0.05, 0) is 49.2 Å². The van der Waals surface area contributed by atoms with Crippen molar-refractivity contribution < 1.29 is 22.7 Å². The van der Waals surface area contributed by atoms with Gasteiger partial charge in [-0.15, -0.1) is 0 Å². The zero-order chi connectivity index (χ0) is 22.6. The number of morpholine rings is 1. The fourth-order valence-electron chi connectivity index (χ4n) is 3.68. The van der Waals surface area contributed by atoms with Crippen molar-refractivity contribution in [2.45, 2.75) is 38.4 Å². The van der Waals surface area contributed by atoms with E-state index in [1.165, 1.54) is 0 Å². The SMILES string of the molecule is CC1CN(C(=O)c2ccc(CNC(=O)c3cccc(CS(C)(=O)=O)c3)cc2)CC(C)O1. The molecule has 2 aromatic rings. The number of hydrogen-bond acceptors (Lipinski definition) is 5. The van der Waals surface area contributed by atoms with Crippen LogP contribution in [-0.4, -0.2) is 56.7 Å². The Morgan fingerprint density at radius 3 is 2.26 bits per heavy atom. The van der Waals surface area contributed by atoms with Gasteiger partial charge in [0.15, 0.2) is 9.84 Å². The van der Waals surface area contributed by atoms with E-state index in [4.69, 9.17) is 4.74 Å². The second-order valence-corrected chi connectivity index (χ2v) is 10.3. The molecule has 0 radical (unpaired) electrons. The number of carbonyl (C=O) groups is 2. The molecule has 0 aromatic heterocycles. The summed E-state index contributed by atoms with van der Waals surface area (Å²) in [6, 6.07) is 13.8. The molecule has 3 rings (SSSR count). The van der Waals surface area contributed by atoms with Crippen molar-refractivity contribution in [3.05, 3.63) is 70.8 Å². The molecule has 1 saturated heterocycles. The molecule has 1 N–H and O–H groups in total. The number of rotatable bonds is 6. The smallest absolute Gasteiger partial charge is 0.254 e. The summed E-state index contributed by atoms with van der Waals surface area (Å²) in [5.74, 6) is -0.420. The normalized spacial score (nSPS) is 19.1. The van der Waals surface area contributed by atoms with Crippen LogP contribution in [0.2, 0.25) is 0 Å². The fraction of sp³-hybridized carbons (Fsp3) is 0.391. The van der Waals surface area contributed by atoms with Crippen LogP contribution in [0, 0.1) is 0 Å². The van der Waals surface area contributed by atoms with E-state index in [-0.39, 0.29) is 29.8 Å². The Morgan fingerprint density at radius 1 is 1.00 bits per heavy atom. The molecule has 0 saturated carbocycles. The average Bonchev–Trinajstić information content (AvgIpc) is 2.70. The monoisotopic (exact) mass is 444 g/mol. The molecule has 0 aliphatic carbocycles. The molecular formula is C23H28N2O5S. The summed E-state index contributed by atoms with van der Waals surface area (Å²) in [7, 11) is -3.17. The van der Waals surface area contributed by atoms with Crippen LogP contribution in [0.15, 0.2) is 48.5 Å². The van der Waals surface area contributed by atoms with Crippen LogP contribution < -0.4 is 5.32 Å². The summed E-state index contributed by atoms with van der Waals surface area (Å²) in [4.78, 5) is 27.0. The second-order valence-electron chi connectivity index (χ2n) is 8.12. The number of benzene rings is 2. The number of carbonyl (C=O) groups excluding carboxylic acids is 2. The van der Waals surface area contributed by atoms with Gasteiger partial charge < -0.3 is 15.0 Å². The Morgan fingerprint density at radius 2 is 1.65 bits per heavy atom. The third-order valence-corrected chi connectivity index (χ3v) is 5.84. The van der Waals surface area contributed by atoms with Gasteiger partial charge >= 0.3 is 0 Å². The van der Waals surface area contributed by atoms with Crippen LogP contribution >= 0.6 is 0 Å². The molecule has 7 nitrogen and oxygen atoms in total. The largest absolute Gasteiger partial charge is 0.372 e. The number of nitrogens with zero attached hydrogens (tertiary/aromatic N) is 1. The summed E-state index contributed by atoms with van der Waals surface area (Å²) in [6.45, 7) is 5.35. The molecule has 1 fully saturated rings. The van der Waals surface area contributed by atoms with Gasteiger partial charge in [0.1, 0.15) is 0 Å². The number of nitrogens with one attached hydrogen (secondary N) is 1. The van der Waals surface area contributed by atoms with Gasteiger partial charge in [0.05, 0.1) is 18.0 Å². The van der Waals surface area contributed by atoms with Crippen LogP contribution in [-0.2, 0) is 26.9 Å². The fourth-order valence-corrected chi connectivity index (χ4v) is 4.47.